The molecule has 20 heavy (non-hydrogen) atoms. The minimum absolute atomic E-state index is 0.114. The minimum Gasteiger partial charge on any atom is -0.397 e. The van der Waals surface area contributed by atoms with E-state index in [2.05, 4.69) is 4.98 Å². The Labute approximate surface area is 114 Å². The zero-order valence-corrected chi connectivity index (χ0v) is 10.6. The minimum atomic E-state index is -4.19. The number of aryl methyl sites for hydroxylation is 1. The molecule has 1 aromatic carbocycles. The summed E-state index contributed by atoms with van der Waals surface area (Å²) in [5, 5.41) is 0. The van der Waals surface area contributed by atoms with E-state index in [1.165, 1.54) is 6.20 Å². The molecule has 0 saturated carbocycles. The lowest BCUT2D eigenvalue weighted by Crippen LogP contribution is -2.09. The molecule has 2 rings (SSSR count). The third kappa shape index (κ3) is 3.40. The predicted molar refractivity (Wildman–Crippen MR) is 72.9 cm³/mol. The second-order valence-corrected chi connectivity index (χ2v) is 4.49. The fourth-order valence-electron chi connectivity index (χ4n) is 1.93. The van der Waals surface area contributed by atoms with Crippen molar-refractivity contribution < 1.29 is 13.2 Å². The normalized spacial score (nSPS) is 11.6. The number of pyridine rings is 1. The fourth-order valence-corrected chi connectivity index (χ4v) is 1.93. The first-order chi connectivity index (χ1) is 9.37. The van der Waals surface area contributed by atoms with Crippen LogP contribution in [0.15, 0.2) is 36.7 Å². The van der Waals surface area contributed by atoms with Crippen molar-refractivity contribution in [1.82, 2.24) is 4.98 Å². The summed E-state index contributed by atoms with van der Waals surface area (Å²) in [5.74, 6) is 0. The summed E-state index contributed by atoms with van der Waals surface area (Å²) in [6, 6.07) is 6.70. The summed E-state index contributed by atoms with van der Waals surface area (Å²) in [4.78, 5) is 3.89. The zero-order valence-electron chi connectivity index (χ0n) is 10.6. The van der Waals surface area contributed by atoms with E-state index in [9.17, 15) is 13.2 Å². The lowest BCUT2D eigenvalue weighted by Gasteiger charge is -2.12. The van der Waals surface area contributed by atoms with Gasteiger partial charge in [-0.3, -0.25) is 4.98 Å². The molecule has 0 aliphatic carbocycles. The highest BCUT2D eigenvalue weighted by molar-refractivity contribution is 5.75. The van der Waals surface area contributed by atoms with Gasteiger partial charge in [0.05, 0.1) is 11.4 Å². The van der Waals surface area contributed by atoms with Crippen LogP contribution in [0.2, 0.25) is 0 Å². The average Bonchev–Trinajstić information content (AvgIpc) is 2.39. The third-order valence-corrected chi connectivity index (χ3v) is 2.98. The lowest BCUT2D eigenvalue weighted by atomic mass is 9.98. The topological polar surface area (TPSA) is 64.9 Å². The van der Waals surface area contributed by atoms with Gasteiger partial charge in [-0.05, 0) is 41.3 Å². The first-order valence-corrected chi connectivity index (χ1v) is 6.02. The van der Waals surface area contributed by atoms with Gasteiger partial charge < -0.3 is 11.5 Å². The predicted octanol–water partition coefficient (Wildman–Crippen LogP) is 3.41. The van der Waals surface area contributed by atoms with Gasteiger partial charge in [0.2, 0.25) is 0 Å². The number of hydrogen-bond donors (Lipinski definition) is 2. The van der Waals surface area contributed by atoms with E-state index >= 15 is 0 Å². The monoisotopic (exact) mass is 281 g/mol. The summed E-state index contributed by atoms with van der Waals surface area (Å²) in [6.45, 7) is 0. The first kappa shape index (κ1) is 14.2. The number of alkyl halides is 3. The largest absolute Gasteiger partial charge is 0.397 e. The molecule has 3 nitrogen and oxygen atoms in total. The van der Waals surface area contributed by atoms with Crippen LogP contribution in [0.3, 0.4) is 0 Å². The van der Waals surface area contributed by atoms with Crippen molar-refractivity contribution in [3.05, 3.63) is 42.2 Å². The van der Waals surface area contributed by atoms with Gasteiger partial charge in [-0.15, -0.1) is 0 Å². The van der Waals surface area contributed by atoms with Gasteiger partial charge in [0.25, 0.3) is 0 Å². The maximum atomic E-state index is 12.3. The van der Waals surface area contributed by atoms with Crippen molar-refractivity contribution in [1.29, 1.82) is 0 Å². The molecule has 0 bridgehead atoms. The van der Waals surface area contributed by atoms with Crippen molar-refractivity contribution in [2.75, 3.05) is 11.5 Å². The van der Waals surface area contributed by atoms with Crippen molar-refractivity contribution in [3.8, 4) is 11.1 Å². The maximum Gasteiger partial charge on any atom is 0.389 e. The van der Waals surface area contributed by atoms with Gasteiger partial charge in [-0.1, -0.05) is 6.07 Å². The number of anilines is 2. The molecule has 106 valence electrons. The zero-order chi connectivity index (χ0) is 14.8. The van der Waals surface area contributed by atoms with E-state index in [4.69, 9.17) is 11.5 Å². The summed E-state index contributed by atoms with van der Waals surface area (Å²) in [5.41, 5.74) is 14.2. The van der Waals surface area contributed by atoms with Crippen LogP contribution < -0.4 is 11.5 Å². The lowest BCUT2D eigenvalue weighted by molar-refractivity contribution is -0.133. The highest BCUT2D eigenvalue weighted by Crippen LogP contribution is 2.30. The summed E-state index contributed by atoms with van der Waals surface area (Å²) >= 11 is 0. The number of hydrogen-bond acceptors (Lipinski definition) is 3. The number of rotatable bonds is 3. The van der Waals surface area contributed by atoms with Crippen LogP contribution in [0.4, 0.5) is 24.5 Å². The molecular formula is C14H14F3N3. The van der Waals surface area contributed by atoms with Crippen molar-refractivity contribution in [2.24, 2.45) is 0 Å². The molecule has 0 aliphatic rings. The van der Waals surface area contributed by atoms with Gasteiger partial charge >= 0.3 is 6.18 Å². The second kappa shape index (κ2) is 5.40. The molecule has 0 radical (unpaired) electrons. The van der Waals surface area contributed by atoms with Crippen molar-refractivity contribution in [3.63, 3.8) is 0 Å². The summed E-state index contributed by atoms with van der Waals surface area (Å²) in [7, 11) is 0. The van der Waals surface area contributed by atoms with E-state index < -0.39 is 12.6 Å². The van der Waals surface area contributed by atoms with Crippen LogP contribution in [0.5, 0.6) is 0 Å². The molecule has 0 fully saturated rings. The third-order valence-electron chi connectivity index (χ3n) is 2.98. The smallest absolute Gasteiger partial charge is 0.389 e. The van der Waals surface area contributed by atoms with Crippen molar-refractivity contribution >= 4 is 11.4 Å². The van der Waals surface area contributed by atoms with Gasteiger partial charge in [-0.25, -0.2) is 0 Å². The Kier molecular flexibility index (Phi) is 3.83. The molecule has 0 atom stereocenters. The number of nitrogens with zero attached hydrogens (tertiary/aromatic N) is 1. The standard InChI is InChI=1S/C14H14F3N3/c15-14(16,17)5-3-10-8-20-6-4-11(10)9-1-2-12(18)13(19)7-9/h1-2,4,6-8H,3,5,18-19H2. The highest BCUT2D eigenvalue weighted by atomic mass is 19.4. The summed E-state index contributed by atoms with van der Waals surface area (Å²) < 4.78 is 37.0. The Morgan fingerprint density at radius 1 is 1.05 bits per heavy atom. The molecule has 6 heteroatoms. The Hall–Kier alpha value is -2.24. The Morgan fingerprint density at radius 2 is 1.80 bits per heavy atom. The van der Waals surface area contributed by atoms with Gasteiger partial charge in [0.1, 0.15) is 0 Å². The molecule has 0 unspecified atom stereocenters. The molecule has 0 amide bonds. The quantitative estimate of drug-likeness (QED) is 0.847. The van der Waals surface area contributed by atoms with Crippen LogP contribution in [-0.2, 0) is 6.42 Å². The first-order valence-electron chi connectivity index (χ1n) is 6.02. The number of halogens is 3. The molecule has 0 aliphatic heterocycles. The SMILES string of the molecule is Nc1ccc(-c2ccncc2CCC(F)(F)F)cc1N. The van der Waals surface area contributed by atoms with Crippen LogP contribution in [-0.4, -0.2) is 11.2 Å². The van der Waals surface area contributed by atoms with Crippen LogP contribution in [0.1, 0.15) is 12.0 Å². The van der Waals surface area contributed by atoms with E-state index in [0.717, 1.165) is 5.56 Å². The summed E-state index contributed by atoms with van der Waals surface area (Å²) in [6.07, 6.45) is -2.19. The molecule has 1 aromatic heterocycles. The molecule has 0 spiro atoms. The Bertz CT molecular complexity index is 609. The van der Waals surface area contributed by atoms with Crippen LogP contribution >= 0.6 is 0 Å². The Morgan fingerprint density at radius 3 is 2.45 bits per heavy atom. The van der Waals surface area contributed by atoms with E-state index in [0.29, 0.717) is 22.5 Å². The average molecular weight is 281 g/mol. The van der Waals surface area contributed by atoms with E-state index in [1.807, 2.05) is 0 Å². The molecule has 4 N–H and O–H groups in total. The van der Waals surface area contributed by atoms with Gasteiger partial charge in [0.15, 0.2) is 0 Å². The second-order valence-electron chi connectivity index (χ2n) is 4.49. The number of nitrogen functional groups attached to an aromatic ring is 2. The highest BCUT2D eigenvalue weighted by Gasteiger charge is 2.27. The van der Waals surface area contributed by atoms with Gasteiger partial charge in [0, 0.05) is 18.8 Å². The fraction of sp³-hybridized carbons (Fsp3) is 0.214. The molecule has 1 heterocycles. The number of benzene rings is 1. The van der Waals surface area contributed by atoms with Crippen LogP contribution in [0.25, 0.3) is 11.1 Å². The van der Waals surface area contributed by atoms with Gasteiger partial charge in [-0.2, -0.15) is 13.2 Å². The molecule has 0 saturated heterocycles. The molecular weight excluding hydrogens is 267 g/mol. The maximum absolute atomic E-state index is 12.3. The van der Waals surface area contributed by atoms with Crippen molar-refractivity contribution in [2.45, 2.75) is 19.0 Å². The Balaban J connectivity index is 2.34. The number of nitrogens with two attached hydrogens (primary N) is 2. The number of aromatic nitrogens is 1. The van der Waals surface area contributed by atoms with E-state index in [1.54, 1.807) is 30.5 Å². The molecule has 2 aromatic rings. The van der Waals surface area contributed by atoms with Crippen LogP contribution in [0, 0.1) is 0 Å². The van der Waals surface area contributed by atoms with E-state index in [-0.39, 0.29) is 6.42 Å².